The number of Topliss-reactive ketones (excluding diaryl/α,β-unsaturated/α-hetero) is 1. The van der Waals surface area contributed by atoms with E-state index in [1.54, 1.807) is 30.3 Å². The summed E-state index contributed by atoms with van der Waals surface area (Å²) < 4.78 is 1.62. The average Bonchev–Trinajstić information content (AvgIpc) is 3.14. The molecule has 2 unspecified atom stereocenters. The SMILES string of the molecule is CC(=O)CCNC(=O)c1cc(NC(=O)C2CCC(N[C-]=O)C2)cn1C.[Th]. The molecule has 0 aromatic carbocycles. The Hall–Kier alpha value is -1.32. The number of carbonyl (C=O) groups is 3. The fraction of sp³-hybridized carbons (Fsp3) is 0.529. The molecule has 9 heteroatoms. The van der Waals surface area contributed by atoms with Crippen LogP contribution in [0.15, 0.2) is 12.3 Å². The second-order valence-electron chi connectivity index (χ2n) is 6.38. The number of aryl methyl sites for hydroxylation is 1. The van der Waals surface area contributed by atoms with Crippen molar-refractivity contribution in [2.24, 2.45) is 13.0 Å². The average molecular weight is 579 g/mol. The smallest absolute Gasteiger partial charge is 0.267 e. The van der Waals surface area contributed by atoms with Gasteiger partial charge in [-0.05, 0) is 38.3 Å². The molecule has 3 amide bonds. The second kappa shape index (κ2) is 10.7. The van der Waals surface area contributed by atoms with E-state index in [9.17, 15) is 19.2 Å². The zero-order valence-electron chi connectivity index (χ0n) is 14.9. The van der Waals surface area contributed by atoms with Crippen LogP contribution in [0.4, 0.5) is 5.69 Å². The van der Waals surface area contributed by atoms with Crippen LogP contribution in [-0.4, -0.2) is 41.2 Å². The molecule has 1 fully saturated rings. The Labute approximate surface area is 184 Å². The number of carbonyl (C=O) groups excluding carboxylic acids is 4. The summed E-state index contributed by atoms with van der Waals surface area (Å²) in [6, 6.07) is 1.59. The molecule has 140 valence electrons. The van der Waals surface area contributed by atoms with Crippen molar-refractivity contribution in [3.63, 3.8) is 0 Å². The van der Waals surface area contributed by atoms with Crippen molar-refractivity contribution in [2.45, 2.75) is 38.6 Å². The van der Waals surface area contributed by atoms with Crippen LogP contribution >= 0.6 is 0 Å². The first kappa shape index (κ1) is 22.7. The minimum Gasteiger partial charge on any atom is -0.527 e. The maximum absolute atomic E-state index is 12.3. The quantitative estimate of drug-likeness (QED) is 0.308. The van der Waals surface area contributed by atoms with Crippen LogP contribution in [0.1, 0.15) is 43.1 Å². The van der Waals surface area contributed by atoms with Gasteiger partial charge in [0.25, 0.3) is 5.91 Å². The summed E-state index contributed by atoms with van der Waals surface area (Å²) in [4.78, 5) is 45.7. The summed E-state index contributed by atoms with van der Waals surface area (Å²) in [6.45, 7) is 1.75. The predicted octanol–water partition coefficient (Wildman–Crippen LogP) is 0.498. The zero-order chi connectivity index (χ0) is 18.4. The molecule has 0 spiro atoms. The number of rotatable bonds is 8. The molecule has 0 aliphatic heterocycles. The van der Waals surface area contributed by atoms with E-state index in [0.29, 0.717) is 24.2 Å². The number of amides is 3. The van der Waals surface area contributed by atoms with Crippen LogP contribution in [0.5, 0.6) is 0 Å². The number of ketones is 1. The van der Waals surface area contributed by atoms with Crippen LogP contribution in [0.3, 0.4) is 0 Å². The van der Waals surface area contributed by atoms with E-state index >= 15 is 0 Å². The molecule has 3 N–H and O–H groups in total. The van der Waals surface area contributed by atoms with Crippen molar-refractivity contribution in [1.82, 2.24) is 15.2 Å². The molecular formula is C17H23N4O4Th-. The normalized spacial score (nSPS) is 18.5. The summed E-state index contributed by atoms with van der Waals surface area (Å²) in [5, 5.41) is 8.07. The first-order valence-electron chi connectivity index (χ1n) is 8.28. The fourth-order valence-corrected chi connectivity index (χ4v) is 2.98. The Morgan fingerprint density at radius 1 is 1.31 bits per heavy atom. The molecule has 1 heterocycles. The molecule has 0 bridgehead atoms. The monoisotopic (exact) mass is 579 g/mol. The van der Waals surface area contributed by atoms with Gasteiger partial charge in [-0.25, -0.2) is 0 Å². The van der Waals surface area contributed by atoms with Gasteiger partial charge in [0, 0.05) is 72.1 Å². The second-order valence-corrected chi connectivity index (χ2v) is 6.38. The van der Waals surface area contributed by atoms with Gasteiger partial charge in [0.15, 0.2) is 0 Å². The molecule has 26 heavy (non-hydrogen) atoms. The Kier molecular flexibility index (Phi) is 9.39. The third-order valence-electron chi connectivity index (χ3n) is 4.33. The first-order valence-corrected chi connectivity index (χ1v) is 8.28. The van der Waals surface area contributed by atoms with Crippen molar-refractivity contribution in [3.8, 4) is 0 Å². The molecule has 2 rings (SSSR count). The predicted molar refractivity (Wildman–Crippen MR) is 91.6 cm³/mol. The van der Waals surface area contributed by atoms with E-state index in [4.69, 9.17) is 0 Å². The van der Waals surface area contributed by atoms with Crippen molar-refractivity contribution in [3.05, 3.63) is 18.0 Å². The molecule has 8 nitrogen and oxygen atoms in total. The van der Waals surface area contributed by atoms with Crippen LogP contribution in [0.25, 0.3) is 0 Å². The number of aromatic nitrogens is 1. The molecule has 0 saturated heterocycles. The number of hydrogen-bond donors (Lipinski definition) is 3. The largest absolute Gasteiger partial charge is 0.527 e. The molecule has 1 aliphatic carbocycles. The van der Waals surface area contributed by atoms with Gasteiger partial charge < -0.3 is 25.3 Å². The van der Waals surface area contributed by atoms with Gasteiger partial charge in [0.2, 0.25) is 5.91 Å². The van der Waals surface area contributed by atoms with Gasteiger partial charge in [0.1, 0.15) is 11.5 Å². The van der Waals surface area contributed by atoms with Gasteiger partial charge in [-0.3, -0.25) is 14.4 Å². The van der Waals surface area contributed by atoms with Gasteiger partial charge in [0.05, 0.1) is 5.69 Å². The van der Waals surface area contributed by atoms with Gasteiger partial charge >= 0.3 is 0 Å². The molecule has 2 atom stereocenters. The van der Waals surface area contributed by atoms with Crippen molar-refractivity contribution < 1.29 is 59.1 Å². The molecule has 1 aliphatic rings. The summed E-state index contributed by atoms with van der Waals surface area (Å²) in [5.41, 5.74) is 0.947. The van der Waals surface area contributed by atoms with Gasteiger partial charge in [-0.1, -0.05) is 0 Å². The number of anilines is 1. The maximum Gasteiger partial charge on any atom is 0.267 e. The molecule has 1 aromatic heterocycles. The molecule has 1 aromatic rings. The van der Waals surface area contributed by atoms with Crippen LogP contribution in [-0.2, 0) is 21.4 Å². The van der Waals surface area contributed by atoms with Crippen molar-refractivity contribution in [2.75, 3.05) is 11.9 Å². The van der Waals surface area contributed by atoms with Gasteiger partial charge in [-0.2, -0.15) is 6.41 Å². The Bertz CT molecular complexity index is 674. The van der Waals surface area contributed by atoms with E-state index in [1.807, 2.05) is 0 Å². The summed E-state index contributed by atoms with van der Waals surface area (Å²) in [5.74, 6) is -0.573. The molecule has 0 radical (unpaired) electrons. The summed E-state index contributed by atoms with van der Waals surface area (Å²) >= 11 is 0. The van der Waals surface area contributed by atoms with Crippen molar-refractivity contribution in [1.29, 1.82) is 0 Å². The van der Waals surface area contributed by atoms with Crippen LogP contribution in [0, 0.1) is 45.9 Å². The van der Waals surface area contributed by atoms with Crippen molar-refractivity contribution >= 4 is 29.7 Å². The first-order chi connectivity index (χ1) is 11.9. The maximum atomic E-state index is 12.3. The number of nitrogens with zero attached hydrogens (tertiary/aromatic N) is 1. The van der Waals surface area contributed by atoms with E-state index in [-0.39, 0.29) is 82.5 Å². The van der Waals surface area contributed by atoms with Crippen LogP contribution < -0.4 is 16.0 Å². The number of nitrogens with one attached hydrogen (secondary N) is 3. The Morgan fingerprint density at radius 3 is 2.69 bits per heavy atom. The number of hydrogen-bond acceptors (Lipinski definition) is 4. The van der Waals surface area contributed by atoms with E-state index in [1.165, 1.54) is 6.92 Å². The minimum atomic E-state index is -0.295. The van der Waals surface area contributed by atoms with Crippen LogP contribution in [0.2, 0.25) is 0 Å². The topological polar surface area (TPSA) is 109 Å². The fourth-order valence-electron chi connectivity index (χ4n) is 2.98. The Morgan fingerprint density at radius 2 is 2.04 bits per heavy atom. The van der Waals surface area contributed by atoms with E-state index in [0.717, 1.165) is 6.42 Å². The molecule has 1 saturated carbocycles. The van der Waals surface area contributed by atoms with Gasteiger partial charge in [-0.15, -0.1) is 0 Å². The summed E-state index contributed by atoms with van der Waals surface area (Å²) in [7, 11) is 1.71. The standard InChI is InChI=1S/C17H23N4O4.Th/c1-11(23)5-6-18-17(25)15-8-14(9-21(15)2)20-16(24)12-3-4-13(7-12)19-10-22;/h8-9,12-13H,3-7H2,1-2H3,(H,18,25)(H,19,22)(H,20,24);/q-1;. The molecular weight excluding hydrogens is 556 g/mol. The van der Waals surface area contributed by atoms with E-state index in [2.05, 4.69) is 16.0 Å². The third kappa shape index (κ3) is 6.44. The third-order valence-corrected chi connectivity index (χ3v) is 4.33. The Balaban J connectivity index is 0.00000338. The zero-order valence-corrected chi connectivity index (χ0v) is 19.0. The summed E-state index contributed by atoms with van der Waals surface area (Å²) in [6.07, 6.45) is 5.67. The van der Waals surface area contributed by atoms with E-state index < -0.39 is 0 Å². The minimum absolute atomic E-state index is 0.